The third-order valence-electron chi connectivity index (χ3n) is 7.63. The molecule has 5 rings (SSSR count). The van der Waals surface area contributed by atoms with E-state index in [0.29, 0.717) is 11.1 Å². The predicted molar refractivity (Wildman–Crippen MR) is 167 cm³/mol. The molecule has 0 N–H and O–H groups in total. The smallest absolute Gasteiger partial charge is 0.338 e. The van der Waals surface area contributed by atoms with Gasteiger partial charge in [0.25, 0.3) is 0 Å². The zero-order valence-electron chi connectivity index (χ0n) is 24.4. The molecule has 5 aromatic carbocycles. The first kappa shape index (κ1) is 28.6. The lowest BCUT2D eigenvalue weighted by Gasteiger charge is -2.10. The minimum atomic E-state index is -0.324. The van der Waals surface area contributed by atoms with E-state index in [-0.39, 0.29) is 25.2 Å². The standard InChI is InChI=1S/C38H34O4/c1-25-11-13-35(19-27(25)3)37(39)41-23-29-7-5-9-33(21-29)31-15-17-32(18-16-31)34-10-6-8-30(22-34)24-42-38(40)36-14-12-26(2)28(4)20-36/h5-22H,23-24H2,1-4H3. The molecular weight excluding hydrogens is 520 g/mol. The van der Waals surface area contributed by atoms with Crippen molar-refractivity contribution in [3.63, 3.8) is 0 Å². The molecule has 42 heavy (non-hydrogen) atoms. The van der Waals surface area contributed by atoms with Crippen LogP contribution in [0.4, 0.5) is 0 Å². The molecule has 0 spiro atoms. The van der Waals surface area contributed by atoms with Crippen LogP contribution in [0.3, 0.4) is 0 Å². The van der Waals surface area contributed by atoms with E-state index in [1.807, 2.05) is 100 Å². The minimum absolute atomic E-state index is 0.207. The first-order chi connectivity index (χ1) is 20.3. The average molecular weight is 555 g/mol. The van der Waals surface area contributed by atoms with Crippen LogP contribution in [0.15, 0.2) is 109 Å². The maximum absolute atomic E-state index is 12.5. The molecule has 4 nitrogen and oxygen atoms in total. The molecule has 4 heteroatoms. The highest BCUT2D eigenvalue weighted by molar-refractivity contribution is 5.90. The Labute approximate surface area is 247 Å². The molecule has 0 amide bonds. The van der Waals surface area contributed by atoms with Crippen molar-refractivity contribution in [1.82, 2.24) is 0 Å². The van der Waals surface area contributed by atoms with Crippen molar-refractivity contribution in [2.45, 2.75) is 40.9 Å². The van der Waals surface area contributed by atoms with Crippen molar-refractivity contribution >= 4 is 11.9 Å². The van der Waals surface area contributed by atoms with Crippen molar-refractivity contribution in [3.05, 3.63) is 154 Å². The summed E-state index contributed by atoms with van der Waals surface area (Å²) in [6, 6.07) is 35.6. The third kappa shape index (κ3) is 6.84. The highest BCUT2D eigenvalue weighted by atomic mass is 16.5. The maximum Gasteiger partial charge on any atom is 0.338 e. The van der Waals surface area contributed by atoms with Gasteiger partial charge in [-0.3, -0.25) is 0 Å². The second kappa shape index (κ2) is 12.7. The molecule has 0 bridgehead atoms. The van der Waals surface area contributed by atoms with Gasteiger partial charge in [0.1, 0.15) is 13.2 Å². The summed E-state index contributed by atoms with van der Waals surface area (Å²) in [5, 5.41) is 0. The number of ether oxygens (including phenoxy) is 2. The molecule has 0 heterocycles. The van der Waals surface area contributed by atoms with E-state index in [9.17, 15) is 9.59 Å². The summed E-state index contributed by atoms with van der Waals surface area (Å²) in [5.74, 6) is -0.648. The topological polar surface area (TPSA) is 52.6 Å². The molecule has 0 saturated heterocycles. The first-order valence-corrected chi connectivity index (χ1v) is 14.0. The van der Waals surface area contributed by atoms with Crippen LogP contribution in [0.25, 0.3) is 22.3 Å². The summed E-state index contributed by atoms with van der Waals surface area (Å²) >= 11 is 0. The van der Waals surface area contributed by atoms with Crippen LogP contribution in [-0.4, -0.2) is 11.9 Å². The van der Waals surface area contributed by atoms with E-state index >= 15 is 0 Å². The SMILES string of the molecule is Cc1ccc(C(=O)OCc2cccc(-c3ccc(-c4cccc(COC(=O)c5ccc(C)c(C)c5)c4)cc3)c2)cc1C. The van der Waals surface area contributed by atoms with Crippen LogP contribution in [0, 0.1) is 27.7 Å². The minimum Gasteiger partial charge on any atom is -0.457 e. The van der Waals surface area contributed by atoms with E-state index < -0.39 is 0 Å². The van der Waals surface area contributed by atoms with E-state index in [1.165, 1.54) is 0 Å². The fourth-order valence-corrected chi connectivity index (χ4v) is 4.74. The summed E-state index contributed by atoms with van der Waals surface area (Å²) in [7, 11) is 0. The summed E-state index contributed by atoms with van der Waals surface area (Å²) in [6.07, 6.45) is 0. The van der Waals surface area contributed by atoms with E-state index in [2.05, 4.69) is 24.3 Å². The fourth-order valence-electron chi connectivity index (χ4n) is 4.74. The zero-order valence-corrected chi connectivity index (χ0v) is 24.4. The summed E-state index contributed by atoms with van der Waals surface area (Å²) < 4.78 is 11.2. The molecule has 210 valence electrons. The Morgan fingerprint density at radius 1 is 0.452 bits per heavy atom. The van der Waals surface area contributed by atoms with Crippen molar-refractivity contribution in [3.8, 4) is 22.3 Å². The lowest BCUT2D eigenvalue weighted by molar-refractivity contribution is 0.0464. The van der Waals surface area contributed by atoms with Crippen LogP contribution < -0.4 is 0 Å². The molecule has 0 aromatic heterocycles. The van der Waals surface area contributed by atoms with Gasteiger partial charge in [0.15, 0.2) is 0 Å². The van der Waals surface area contributed by atoms with Gasteiger partial charge in [-0.05, 0) is 120 Å². The first-order valence-electron chi connectivity index (χ1n) is 14.0. The maximum atomic E-state index is 12.5. The third-order valence-corrected chi connectivity index (χ3v) is 7.63. The van der Waals surface area contributed by atoms with Crippen LogP contribution in [0.2, 0.25) is 0 Å². The number of rotatable bonds is 8. The lowest BCUT2D eigenvalue weighted by Crippen LogP contribution is -2.06. The predicted octanol–water partition coefficient (Wildman–Crippen LogP) is 8.97. The fraction of sp³-hybridized carbons (Fsp3) is 0.158. The second-order valence-electron chi connectivity index (χ2n) is 10.7. The average Bonchev–Trinajstić information content (AvgIpc) is 3.01. The van der Waals surface area contributed by atoms with Crippen molar-refractivity contribution in [2.75, 3.05) is 0 Å². The Balaban J connectivity index is 1.22. The molecule has 0 atom stereocenters. The highest BCUT2D eigenvalue weighted by Gasteiger charge is 2.11. The zero-order chi connectivity index (χ0) is 29.6. The van der Waals surface area contributed by atoms with Gasteiger partial charge < -0.3 is 9.47 Å². The lowest BCUT2D eigenvalue weighted by atomic mass is 9.98. The highest BCUT2D eigenvalue weighted by Crippen LogP contribution is 2.27. The monoisotopic (exact) mass is 554 g/mol. The van der Waals surface area contributed by atoms with Crippen LogP contribution in [0.5, 0.6) is 0 Å². The quantitative estimate of drug-likeness (QED) is 0.180. The van der Waals surface area contributed by atoms with Gasteiger partial charge in [-0.1, -0.05) is 72.8 Å². The normalized spacial score (nSPS) is 10.8. The van der Waals surface area contributed by atoms with Crippen molar-refractivity contribution < 1.29 is 19.1 Å². The van der Waals surface area contributed by atoms with Gasteiger partial charge >= 0.3 is 11.9 Å². The second-order valence-corrected chi connectivity index (χ2v) is 10.7. The molecule has 0 aliphatic heterocycles. The van der Waals surface area contributed by atoms with Crippen molar-refractivity contribution in [1.29, 1.82) is 0 Å². The van der Waals surface area contributed by atoms with E-state index in [1.54, 1.807) is 12.1 Å². The van der Waals surface area contributed by atoms with Gasteiger partial charge in [0, 0.05) is 0 Å². The Hall–Kier alpha value is -4.96. The van der Waals surface area contributed by atoms with Crippen LogP contribution in [-0.2, 0) is 22.7 Å². The molecule has 0 unspecified atom stereocenters. The summed E-state index contributed by atoms with van der Waals surface area (Å²) in [4.78, 5) is 25.1. The number of carbonyl (C=O) groups excluding carboxylic acids is 2. The number of carbonyl (C=O) groups is 2. The Morgan fingerprint density at radius 3 is 1.24 bits per heavy atom. The molecular formula is C38H34O4. The molecule has 0 saturated carbocycles. The molecule has 0 aliphatic rings. The van der Waals surface area contributed by atoms with Crippen LogP contribution in [0.1, 0.15) is 54.1 Å². The van der Waals surface area contributed by atoms with Gasteiger partial charge in [-0.2, -0.15) is 0 Å². The van der Waals surface area contributed by atoms with Gasteiger partial charge in [0.2, 0.25) is 0 Å². The Bertz CT molecular complexity index is 1620. The Kier molecular flexibility index (Phi) is 8.63. The molecule has 0 aliphatic carbocycles. The van der Waals surface area contributed by atoms with E-state index in [0.717, 1.165) is 55.6 Å². The van der Waals surface area contributed by atoms with Gasteiger partial charge in [-0.15, -0.1) is 0 Å². The number of hydrogen-bond donors (Lipinski definition) is 0. The van der Waals surface area contributed by atoms with Gasteiger partial charge in [-0.25, -0.2) is 9.59 Å². The number of hydrogen-bond acceptors (Lipinski definition) is 4. The van der Waals surface area contributed by atoms with Crippen LogP contribution >= 0.6 is 0 Å². The number of benzene rings is 5. The molecule has 0 radical (unpaired) electrons. The van der Waals surface area contributed by atoms with Crippen molar-refractivity contribution in [2.24, 2.45) is 0 Å². The summed E-state index contributed by atoms with van der Waals surface area (Å²) in [5.41, 5.74) is 11.6. The summed E-state index contributed by atoms with van der Waals surface area (Å²) in [6.45, 7) is 8.43. The number of esters is 2. The number of aryl methyl sites for hydroxylation is 4. The largest absolute Gasteiger partial charge is 0.457 e. The Morgan fingerprint density at radius 2 is 0.857 bits per heavy atom. The molecule has 0 fully saturated rings. The van der Waals surface area contributed by atoms with E-state index in [4.69, 9.17) is 9.47 Å². The molecule has 5 aromatic rings. The van der Waals surface area contributed by atoms with Gasteiger partial charge in [0.05, 0.1) is 11.1 Å².